The van der Waals surface area contributed by atoms with Crippen LogP contribution in [0.5, 0.6) is 0 Å². The van der Waals surface area contributed by atoms with Crippen LogP contribution in [0.1, 0.15) is 18.4 Å². The van der Waals surface area contributed by atoms with Gasteiger partial charge in [-0.15, -0.1) is 11.6 Å². The second kappa shape index (κ2) is 7.04. The number of alkyl halides is 1. The van der Waals surface area contributed by atoms with E-state index in [1.165, 1.54) is 6.07 Å². The van der Waals surface area contributed by atoms with Crippen molar-refractivity contribution in [3.05, 3.63) is 34.6 Å². The first kappa shape index (κ1) is 12.8. The number of halogens is 3. The molecule has 15 heavy (non-hydrogen) atoms. The van der Waals surface area contributed by atoms with Crippen LogP contribution >= 0.6 is 23.2 Å². The van der Waals surface area contributed by atoms with Gasteiger partial charge in [-0.1, -0.05) is 17.7 Å². The summed E-state index contributed by atoms with van der Waals surface area (Å²) in [6, 6.07) is 4.85. The van der Waals surface area contributed by atoms with Crippen LogP contribution in [-0.4, -0.2) is 12.4 Å². The summed E-state index contributed by atoms with van der Waals surface area (Å²) < 4.78 is 13.0. The fraction of sp³-hybridized carbons (Fsp3) is 0.455. The molecule has 0 bridgehead atoms. The molecule has 0 saturated carbocycles. The van der Waals surface area contributed by atoms with Crippen LogP contribution in [0, 0.1) is 5.82 Å². The third-order valence-electron chi connectivity index (χ3n) is 2.05. The summed E-state index contributed by atoms with van der Waals surface area (Å²) in [4.78, 5) is 0. The fourth-order valence-corrected chi connectivity index (χ4v) is 1.53. The van der Waals surface area contributed by atoms with Crippen molar-refractivity contribution < 1.29 is 4.39 Å². The van der Waals surface area contributed by atoms with E-state index in [1.54, 1.807) is 6.07 Å². The summed E-state index contributed by atoms with van der Waals surface area (Å²) in [6.07, 6.45) is 2.04. The van der Waals surface area contributed by atoms with Crippen LogP contribution in [0.3, 0.4) is 0 Å². The Hall–Kier alpha value is -0.310. The number of nitrogens with one attached hydrogen (secondary N) is 1. The van der Waals surface area contributed by atoms with Gasteiger partial charge in [0, 0.05) is 12.4 Å². The first-order chi connectivity index (χ1) is 7.24. The number of unbranched alkanes of at least 4 members (excludes halogenated alkanes) is 1. The highest BCUT2D eigenvalue weighted by Gasteiger charge is 2.00. The standard InChI is InChI=1S/C11H14Cl2FN/c12-5-1-2-6-15-8-9-3-4-10(13)11(14)7-9/h3-4,7,15H,1-2,5-6,8H2. The molecule has 0 unspecified atom stereocenters. The van der Waals surface area contributed by atoms with Crippen LogP contribution in [0.15, 0.2) is 18.2 Å². The van der Waals surface area contributed by atoms with E-state index in [4.69, 9.17) is 23.2 Å². The molecule has 0 radical (unpaired) electrons. The van der Waals surface area contributed by atoms with Gasteiger partial charge in [0.25, 0.3) is 0 Å². The van der Waals surface area contributed by atoms with Crippen molar-refractivity contribution in [1.29, 1.82) is 0 Å². The largest absolute Gasteiger partial charge is 0.313 e. The molecule has 1 aromatic rings. The van der Waals surface area contributed by atoms with Crippen LogP contribution in [-0.2, 0) is 6.54 Å². The summed E-state index contributed by atoms with van der Waals surface area (Å²) in [6.45, 7) is 1.56. The van der Waals surface area contributed by atoms with Crippen LogP contribution in [0.4, 0.5) is 4.39 Å². The summed E-state index contributed by atoms with van der Waals surface area (Å²) in [7, 11) is 0. The Labute approximate surface area is 99.6 Å². The molecule has 4 heteroatoms. The van der Waals surface area contributed by atoms with Crippen LogP contribution in [0.2, 0.25) is 5.02 Å². The zero-order valence-corrected chi connectivity index (χ0v) is 9.91. The predicted molar refractivity (Wildman–Crippen MR) is 63.1 cm³/mol. The lowest BCUT2D eigenvalue weighted by molar-refractivity contribution is 0.615. The molecule has 0 aliphatic carbocycles. The highest BCUT2D eigenvalue weighted by atomic mass is 35.5. The van der Waals surface area contributed by atoms with Gasteiger partial charge in [0.1, 0.15) is 5.82 Å². The molecule has 0 aliphatic heterocycles. The highest BCUT2D eigenvalue weighted by molar-refractivity contribution is 6.30. The molecule has 1 nitrogen and oxygen atoms in total. The smallest absolute Gasteiger partial charge is 0.142 e. The van der Waals surface area contributed by atoms with Gasteiger partial charge in [-0.05, 0) is 37.1 Å². The van der Waals surface area contributed by atoms with Crippen LogP contribution in [0.25, 0.3) is 0 Å². The molecule has 0 atom stereocenters. The average molecular weight is 250 g/mol. The van der Waals surface area contributed by atoms with Gasteiger partial charge >= 0.3 is 0 Å². The fourth-order valence-electron chi connectivity index (χ4n) is 1.23. The van der Waals surface area contributed by atoms with Gasteiger partial charge < -0.3 is 5.32 Å². The minimum absolute atomic E-state index is 0.167. The van der Waals surface area contributed by atoms with Crippen molar-refractivity contribution in [3.8, 4) is 0 Å². The van der Waals surface area contributed by atoms with Gasteiger partial charge in [-0.2, -0.15) is 0 Å². The highest BCUT2D eigenvalue weighted by Crippen LogP contribution is 2.15. The predicted octanol–water partition coefficient (Wildman–Crippen LogP) is 3.59. The number of hydrogen-bond acceptors (Lipinski definition) is 1. The van der Waals surface area contributed by atoms with E-state index in [0.29, 0.717) is 12.4 Å². The SMILES string of the molecule is Fc1cc(CNCCCCCl)ccc1Cl. The van der Waals surface area contributed by atoms with Crippen molar-refractivity contribution in [2.24, 2.45) is 0 Å². The van der Waals surface area contributed by atoms with Crippen molar-refractivity contribution >= 4 is 23.2 Å². The normalized spacial score (nSPS) is 10.6. The van der Waals surface area contributed by atoms with E-state index in [2.05, 4.69) is 5.32 Å². The molecule has 0 spiro atoms. The minimum atomic E-state index is -0.364. The van der Waals surface area contributed by atoms with Gasteiger partial charge in [-0.3, -0.25) is 0 Å². The van der Waals surface area contributed by atoms with E-state index in [1.807, 2.05) is 6.07 Å². The average Bonchev–Trinajstić information content (AvgIpc) is 2.23. The molecule has 1 rings (SSSR count). The van der Waals surface area contributed by atoms with Gasteiger partial charge in [0.2, 0.25) is 0 Å². The van der Waals surface area contributed by atoms with E-state index >= 15 is 0 Å². The topological polar surface area (TPSA) is 12.0 Å². The van der Waals surface area contributed by atoms with Gasteiger partial charge in [0.05, 0.1) is 5.02 Å². The van der Waals surface area contributed by atoms with Gasteiger partial charge in [0.15, 0.2) is 0 Å². The van der Waals surface area contributed by atoms with Gasteiger partial charge in [-0.25, -0.2) is 4.39 Å². The molecule has 1 N–H and O–H groups in total. The Morgan fingerprint density at radius 2 is 2.07 bits per heavy atom. The second-order valence-electron chi connectivity index (χ2n) is 3.32. The lowest BCUT2D eigenvalue weighted by atomic mass is 10.2. The lowest BCUT2D eigenvalue weighted by Gasteiger charge is -2.04. The summed E-state index contributed by atoms with van der Waals surface area (Å²) in [5.74, 6) is 0.328. The molecule has 0 fully saturated rings. The third kappa shape index (κ3) is 4.83. The molecular formula is C11H14Cl2FN. The Kier molecular flexibility index (Phi) is 5.99. The monoisotopic (exact) mass is 249 g/mol. The van der Waals surface area contributed by atoms with Crippen molar-refractivity contribution in [1.82, 2.24) is 5.32 Å². The Morgan fingerprint density at radius 3 is 2.73 bits per heavy atom. The zero-order valence-electron chi connectivity index (χ0n) is 8.40. The zero-order chi connectivity index (χ0) is 11.1. The molecule has 84 valence electrons. The second-order valence-corrected chi connectivity index (χ2v) is 4.11. The molecule has 0 amide bonds. The van der Waals surface area contributed by atoms with Crippen molar-refractivity contribution in [2.45, 2.75) is 19.4 Å². The van der Waals surface area contributed by atoms with E-state index in [9.17, 15) is 4.39 Å². The molecule has 0 aliphatic rings. The Balaban J connectivity index is 2.28. The molecule has 1 aromatic carbocycles. The van der Waals surface area contributed by atoms with Crippen molar-refractivity contribution in [2.75, 3.05) is 12.4 Å². The van der Waals surface area contributed by atoms with Crippen molar-refractivity contribution in [3.63, 3.8) is 0 Å². The van der Waals surface area contributed by atoms with E-state index in [-0.39, 0.29) is 10.8 Å². The summed E-state index contributed by atoms with van der Waals surface area (Å²) in [5.41, 5.74) is 0.905. The van der Waals surface area contributed by atoms with E-state index in [0.717, 1.165) is 24.9 Å². The lowest BCUT2D eigenvalue weighted by Crippen LogP contribution is -2.14. The maximum Gasteiger partial charge on any atom is 0.142 e. The first-order valence-electron chi connectivity index (χ1n) is 4.94. The molecular weight excluding hydrogens is 236 g/mol. The van der Waals surface area contributed by atoms with E-state index < -0.39 is 0 Å². The third-order valence-corrected chi connectivity index (χ3v) is 2.62. The number of benzene rings is 1. The Morgan fingerprint density at radius 1 is 1.27 bits per heavy atom. The first-order valence-corrected chi connectivity index (χ1v) is 5.86. The molecule has 0 heterocycles. The molecule has 0 aromatic heterocycles. The maximum atomic E-state index is 13.0. The summed E-state index contributed by atoms with van der Waals surface area (Å²) >= 11 is 11.1. The molecule has 0 saturated heterocycles. The quantitative estimate of drug-likeness (QED) is 0.601. The van der Waals surface area contributed by atoms with Crippen LogP contribution < -0.4 is 5.32 Å². The maximum absolute atomic E-state index is 13.0. The number of rotatable bonds is 6. The summed E-state index contributed by atoms with van der Waals surface area (Å²) in [5, 5.41) is 3.38. The minimum Gasteiger partial charge on any atom is -0.313 e. The Bertz CT molecular complexity index is 305. The number of hydrogen-bond donors (Lipinski definition) is 1.